The van der Waals surface area contributed by atoms with Crippen LogP contribution >= 0.6 is 0 Å². The highest BCUT2D eigenvalue weighted by Gasteiger charge is 2.25. The van der Waals surface area contributed by atoms with Gasteiger partial charge in [0.25, 0.3) is 0 Å². The largest absolute Gasteiger partial charge is 0.476 e. The minimum Gasteiger partial charge on any atom is -0.476 e. The molecule has 6 nitrogen and oxygen atoms in total. The Morgan fingerprint density at radius 3 is 2.68 bits per heavy atom. The van der Waals surface area contributed by atoms with Gasteiger partial charge in [0.2, 0.25) is 5.88 Å². The molecule has 1 saturated heterocycles. The van der Waals surface area contributed by atoms with Gasteiger partial charge in [0.05, 0.1) is 12.3 Å². The van der Waals surface area contributed by atoms with Gasteiger partial charge in [0.1, 0.15) is 12.1 Å². The third-order valence-corrected chi connectivity index (χ3v) is 5.31. The zero-order valence-corrected chi connectivity index (χ0v) is 14.8. The van der Waals surface area contributed by atoms with Crippen LogP contribution in [0.1, 0.15) is 42.6 Å². The lowest BCUT2D eigenvalue weighted by atomic mass is 9.94. The highest BCUT2D eigenvalue weighted by atomic mass is 16.5. The maximum atomic E-state index is 5.89. The highest BCUT2D eigenvalue weighted by molar-refractivity contribution is 5.49. The molecule has 0 atom stereocenters. The van der Waals surface area contributed by atoms with Gasteiger partial charge in [-0.15, -0.1) is 0 Å². The molecular formula is C19H25N5O. The maximum Gasteiger partial charge on any atom is 0.235 e. The number of rotatable bonds is 4. The quantitative estimate of drug-likeness (QED) is 0.853. The van der Waals surface area contributed by atoms with Gasteiger partial charge in [-0.2, -0.15) is 0 Å². The van der Waals surface area contributed by atoms with E-state index in [2.05, 4.69) is 24.8 Å². The molecule has 4 rings (SSSR count). The zero-order chi connectivity index (χ0) is 17.1. The summed E-state index contributed by atoms with van der Waals surface area (Å²) in [5, 5.41) is 0. The van der Waals surface area contributed by atoms with Gasteiger partial charge in [0, 0.05) is 36.7 Å². The van der Waals surface area contributed by atoms with E-state index in [1.54, 1.807) is 18.7 Å². The molecule has 2 aromatic rings. The highest BCUT2D eigenvalue weighted by Crippen LogP contribution is 2.30. The second-order valence-electron chi connectivity index (χ2n) is 7.02. The van der Waals surface area contributed by atoms with Crippen molar-refractivity contribution in [1.29, 1.82) is 0 Å². The van der Waals surface area contributed by atoms with E-state index in [1.165, 1.54) is 29.9 Å². The number of aryl methyl sites for hydroxylation is 2. The van der Waals surface area contributed by atoms with Crippen LogP contribution in [0, 0.1) is 12.8 Å². The maximum absolute atomic E-state index is 5.89. The van der Waals surface area contributed by atoms with E-state index >= 15 is 0 Å². The van der Waals surface area contributed by atoms with Crippen molar-refractivity contribution in [3.05, 3.63) is 35.7 Å². The Balaban J connectivity index is 1.35. The first-order chi connectivity index (χ1) is 12.3. The minimum absolute atomic E-state index is 0.565. The first-order valence-electron chi connectivity index (χ1n) is 9.29. The van der Waals surface area contributed by atoms with Crippen molar-refractivity contribution < 1.29 is 4.74 Å². The van der Waals surface area contributed by atoms with E-state index in [4.69, 9.17) is 4.74 Å². The molecule has 0 saturated carbocycles. The molecule has 6 heteroatoms. The lowest BCUT2D eigenvalue weighted by Gasteiger charge is -2.34. The van der Waals surface area contributed by atoms with Gasteiger partial charge in [-0.1, -0.05) is 0 Å². The molecule has 0 radical (unpaired) electrons. The molecule has 0 N–H and O–H groups in total. The molecule has 2 aliphatic rings. The monoisotopic (exact) mass is 339 g/mol. The molecule has 1 fully saturated rings. The van der Waals surface area contributed by atoms with Gasteiger partial charge in [0.15, 0.2) is 0 Å². The molecule has 0 amide bonds. The summed E-state index contributed by atoms with van der Waals surface area (Å²) in [5.74, 6) is 2.40. The molecule has 0 spiro atoms. The van der Waals surface area contributed by atoms with Gasteiger partial charge >= 0.3 is 0 Å². The summed E-state index contributed by atoms with van der Waals surface area (Å²) < 4.78 is 5.89. The summed E-state index contributed by atoms with van der Waals surface area (Å²) in [7, 11) is 0. The Hall–Kier alpha value is -2.24. The molecule has 0 aromatic carbocycles. The smallest absolute Gasteiger partial charge is 0.235 e. The summed E-state index contributed by atoms with van der Waals surface area (Å²) in [6, 6.07) is 0. The van der Waals surface area contributed by atoms with Crippen molar-refractivity contribution in [2.75, 3.05) is 24.6 Å². The molecule has 0 bridgehead atoms. The van der Waals surface area contributed by atoms with E-state index in [9.17, 15) is 0 Å². The van der Waals surface area contributed by atoms with Gasteiger partial charge in [-0.25, -0.2) is 15.0 Å². The molecule has 132 valence electrons. The number of piperidine rings is 1. The van der Waals surface area contributed by atoms with Crippen LogP contribution in [-0.4, -0.2) is 39.6 Å². The van der Waals surface area contributed by atoms with Crippen LogP contribution in [0.4, 0.5) is 5.82 Å². The SMILES string of the molecule is Cc1nccnc1OCC1CCN(c2ncnc3c2CCCC3)CC1. The zero-order valence-electron chi connectivity index (χ0n) is 14.8. The average molecular weight is 339 g/mol. The number of nitrogens with zero attached hydrogens (tertiary/aromatic N) is 5. The van der Waals surface area contributed by atoms with Crippen LogP contribution in [-0.2, 0) is 12.8 Å². The topological polar surface area (TPSA) is 64.0 Å². The van der Waals surface area contributed by atoms with Crippen molar-refractivity contribution in [2.24, 2.45) is 5.92 Å². The molecule has 25 heavy (non-hydrogen) atoms. The van der Waals surface area contributed by atoms with E-state index in [0.29, 0.717) is 11.8 Å². The van der Waals surface area contributed by atoms with Crippen LogP contribution in [0.15, 0.2) is 18.7 Å². The van der Waals surface area contributed by atoms with Gasteiger partial charge < -0.3 is 9.64 Å². The second-order valence-corrected chi connectivity index (χ2v) is 7.02. The molecule has 1 aliphatic carbocycles. The number of hydrogen-bond acceptors (Lipinski definition) is 6. The van der Waals surface area contributed by atoms with Crippen molar-refractivity contribution >= 4 is 5.82 Å². The van der Waals surface area contributed by atoms with Crippen molar-refractivity contribution in [1.82, 2.24) is 19.9 Å². The Labute approximate surface area is 148 Å². The number of fused-ring (bicyclic) bond motifs is 1. The predicted molar refractivity (Wildman–Crippen MR) is 95.9 cm³/mol. The Morgan fingerprint density at radius 1 is 1.04 bits per heavy atom. The number of aromatic nitrogens is 4. The van der Waals surface area contributed by atoms with E-state index in [1.807, 2.05) is 6.92 Å². The number of ether oxygens (including phenoxy) is 1. The third kappa shape index (κ3) is 3.57. The average Bonchev–Trinajstić information content (AvgIpc) is 2.67. The van der Waals surface area contributed by atoms with E-state index in [0.717, 1.165) is 51.1 Å². The number of hydrogen-bond donors (Lipinski definition) is 0. The minimum atomic E-state index is 0.565. The number of anilines is 1. The molecule has 1 aliphatic heterocycles. The second kappa shape index (κ2) is 7.33. The summed E-state index contributed by atoms with van der Waals surface area (Å²) in [5.41, 5.74) is 3.51. The summed E-state index contributed by atoms with van der Waals surface area (Å²) >= 11 is 0. The van der Waals surface area contributed by atoms with E-state index in [-0.39, 0.29) is 0 Å². The van der Waals surface area contributed by atoms with E-state index < -0.39 is 0 Å². The lowest BCUT2D eigenvalue weighted by molar-refractivity contribution is 0.213. The fourth-order valence-corrected chi connectivity index (χ4v) is 3.82. The fourth-order valence-electron chi connectivity index (χ4n) is 3.82. The molecule has 2 aromatic heterocycles. The van der Waals surface area contributed by atoms with Gasteiger partial charge in [-0.3, -0.25) is 4.98 Å². The molecule has 3 heterocycles. The van der Waals surface area contributed by atoms with Crippen LogP contribution < -0.4 is 9.64 Å². The van der Waals surface area contributed by atoms with Crippen LogP contribution in [0.25, 0.3) is 0 Å². The summed E-state index contributed by atoms with van der Waals surface area (Å²) in [4.78, 5) is 20.0. The van der Waals surface area contributed by atoms with Crippen molar-refractivity contribution in [2.45, 2.75) is 45.4 Å². The lowest BCUT2D eigenvalue weighted by Crippen LogP contribution is -2.37. The van der Waals surface area contributed by atoms with Crippen molar-refractivity contribution in [3.63, 3.8) is 0 Å². The standard InChI is InChI=1S/C19H25N5O/c1-14-19(21-9-8-20-14)25-12-15-6-10-24(11-7-15)18-16-4-2-3-5-17(16)22-13-23-18/h8-9,13,15H,2-7,10-12H2,1H3. The normalized spacial score (nSPS) is 18.0. The van der Waals surface area contributed by atoms with Crippen LogP contribution in [0.2, 0.25) is 0 Å². The summed E-state index contributed by atoms with van der Waals surface area (Å²) in [6.07, 6.45) is 12.1. The van der Waals surface area contributed by atoms with Gasteiger partial charge in [-0.05, 0) is 51.4 Å². The molecular weight excluding hydrogens is 314 g/mol. The molecule has 0 unspecified atom stereocenters. The van der Waals surface area contributed by atoms with Crippen molar-refractivity contribution in [3.8, 4) is 5.88 Å². The Bertz CT molecular complexity index is 728. The summed E-state index contributed by atoms with van der Waals surface area (Å²) in [6.45, 7) is 4.73. The Kier molecular flexibility index (Phi) is 4.76. The van der Waals surface area contributed by atoms with Crippen LogP contribution in [0.3, 0.4) is 0 Å². The third-order valence-electron chi connectivity index (χ3n) is 5.31. The van der Waals surface area contributed by atoms with Crippen LogP contribution in [0.5, 0.6) is 5.88 Å². The first kappa shape index (κ1) is 16.2. The Morgan fingerprint density at radius 2 is 1.84 bits per heavy atom. The fraction of sp³-hybridized carbons (Fsp3) is 0.579. The first-order valence-corrected chi connectivity index (χ1v) is 9.29. The predicted octanol–water partition coefficient (Wildman–Crippen LogP) is 2.75.